The van der Waals surface area contributed by atoms with Crippen LogP contribution in [-0.2, 0) is 6.42 Å². The van der Waals surface area contributed by atoms with E-state index in [-0.39, 0.29) is 0 Å². The first-order valence-corrected chi connectivity index (χ1v) is 8.14. The van der Waals surface area contributed by atoms with E-state index in [1.807, 2.05) is 0 Å². The first-order valence-electron chi connectivity index (χ1n) is 8.14. The predicted octanol–water partition coefficient (Wildman–Crippen LogP) is 3.01. The molecular weight excluding hydrogens is 258 g/mol. The Morgan fingerprint density at radius 1 is 1.05 bits per heavy atom. The molecule has 2 heterocycles. The van der Waals surface area contributed by atoms with Crippen LogP contribution in [0.15, 0.2) is 30.5 Å². The van der Waals surface area contributed by atoms with E-state index < -0.39 is 0 Å². The van der Waals surface area contributed by atoms with E-state index in [0.717, 1.165) is 6.42 Å². The molecule has 0 unspecified atom stereocenters. The molecule has 1 aromatic carbocycles. The van der Waals surface area contributed by atoms with Crippen molar-refractivity contribution in [2.24, 2.45) is 0 Å². The first-order chi connectivity index (χ1) is 10.1. The van der Waals surface area contributed by atoms with Gasteiger partial charge in [0, 0.05) is 55.9 Å². The lowest BCUT2D eigenvalue weighted by Gasteiger charge is -2.32. The molecule has 114 valence electrons. The number of hydrogen-bond acceptors (Lipinski definition) is 2. The van der Waals surface area contributed by atoms with Crippen LogP contribution in [0.4, 0.5) is 0 Å². The molecule has 0 bridgehead atoms. The van der Waals surface area contributed by atoms with Crippen LogP contribution in [0.3, 0.4) is 0 Å². The van der Waals surface area contributed by atoms with Gasteiger partial charge in [-0.1, -0.05) is 18.2 Å². The highest BCUT2D eigenvalue weighted by atomic mass is 15.2. The van der Waals surface area contributed by atoms with Gasteiger partial charge in [0.15, 0.2) is 0 Å². The molecule has 1 aliphatic heterocycles. The minimum Gasteiger partial charge on any atom is -0.345 e. The lowest BCUT2D eigenvalue weighted by atomic mass is 10.1. The second-order valence-electron chi connectivity index (χ2n) is 6.57. The van der Waals surface area contributed by atoms with Gasteiger partial charge in [-0.3, -0.25) is 0 Å². The second-order valence-corrected chi connectivity index (χ2v) is 6.57. The molecule has 0 radical (unpaired) electrons. The molecule has 0 atom stereocenters. The third-order valence-corrected chi connectivity index (χ3v) is 4.67. The highest BCUT2D eigenvalue weighted by molar-refractivity contribution is 5.84. The van der Waals surface area contributed by atoms with Gasteiger partial charge in [0.1, 0.15) is 0 Å². The number of nitrogens with zero attached hydrogens (tertiary/aromatic N) is 3. The van der Waals surface area contributed by atoms with Crippen LogP contribution < -0.4 is 0 Å². The number of likely N-dealkylation sites (N-methyl/N-ethyl adjacent to an activating group) is 1. The topological polar surface area (TPSA) is 11.4 Å². The van der Waals surface area contributed by atoms with Crippen molar-refractivity contribution in [2.45, 2.75) is 26.3 Å². The van der Waals surface area contributed by atoms with Crippen molar-refractivity contribution in [3.8, 4) is 0 Å². The Balaban J connectivity index is 1.75. The lowest BCUT2D eigenvalue weighted by molar-refractivity contribution is 0.155. The molecule has 0 N–H and O–H groups in total. The highest BCUT2D eigenvalue weighted by Gasteiger charge is 2.15. The fraction of sp³-hybridized carbons (Fsp3) is 0.556. The predicted molar refractivity (Wildman–Crippen MR) is 90.0 cm³/mol. The van der Waals surface area contributed by atoms with E-state index in [1.54, 1.807) is 0 Å². The Kier molecular flexibility index (Phi) is 4.32. The average molecular weight is 285 g/mol. The zero-order valence-corrected chi connectivity index (χ0v) is 13.5. The molecule has 2 aromatic rings. The average Bonchev–Trinajstić information content (AvgIpc) is 2.86. The normalized spacial score (nSPS) is 17.9. The Morgan fingerprint density at radius 2 is 1.76 bits per heavy atom. The minimum absolute atomic E-state index is 0.521. The zero-order valence-electron chi connectivity index (χ0n) is 13.5. The molecule has 0 saturated carbocycles. The second kappa shape index (κ2) is 6.20. The van der Waals surface area contributed by atoms with Crippen molar-refractivity contribution >= 4 is 10.9 Å². The summed E-state index contributed by atoms with van der Waals surface area (Å²) in [5.74, 6) is 0. The van der Waals surface area contributed by atoms with Gasteiger partial charge in [-0.15, -0.1) is 0 Å². The van der Waals surface area contributed by atoms with Crippen molar-refractivity contribution < 1.29 is 0 Å². The summed E-state index contributed by atoms with van der Waals surface area (Å²) in [6.45, 7) is 10.5. The van der Waals surface area contributed by atoms with Crippen LogP contribution in [0.5, 0.6) is 0 Å². The third-order valence-electron chi connectivity index (χ3n) is 4.67. The zero-order chi connectivity index (χ0) is 14.8. The summed E-state index contributed by atoms with van der Waals surface area (Å²) >= 11 is 0. The summed E-state index contributed by atoms with van der Waals surface area (Å²) in [6, 6.07) is 9.34. The van der Waals surface area contributed by atoms with Gasteiger partial charge in [0.25, 0.3) is 0 Å². The molecule has 3 heteroatoms. The maximum absolute atomic E-state index is 2.60. The molecule has 21 heavy (non-hydrogen) atoms. The van der Waals surface area contributed by atoms with E-state index in [9.17, 15) is 0 Å². The molecular formula is C18H27N3. The maximum atomic E-state index is 2.60. The van der Waals surface area contributed by atoms with Crippen LogP contribution in [0.1, 0.15) is 25.5 Å². The van der Waals surface area contributed by atoms with Crippen LogP contribution in [0, 0.1) is 0 Å². The van der Waals surface area contributed by atoms with E-state index >= 15 is 0 Å². The van der Waals surface area contributed by atoms with Gasteiger partial charge >= 0.3 is 0 Å². The molecule has 0 amide bonds. The molecule has 1 saturated heterocycles. The molecule has 1 aromatic heterocycles. The summed E-state index contributed by atoms with van der Waals surface area (Å²) in [6.07, 6.45) is 3.52. The summed E-state index contributed by atoms with van der Waals surface area (Å²) in [7, 11) is 2.22. The fourth-order valence-electron chi connectivity index (χ4n) is 3.25. The van der Waals surface area contributed by atoms with E-state index in [2.05, 4.69) is 65.7 Å². The summed E-state index contributed by atoms with van der Waals surface area (Å²) in [5, 5.41) is 1.43. The van der Waals surface area contributed by atoms with E-state index in [0.29, 0.717) is 6.04 Å². The van der Waals surface area contributed by atoms with Gasteiger partial charge in [-0.05, 0) is 38.9 Å². The summed E-state index contributed by atoms with van der Waals surface area (Å²) < 4.78 is 2.41. The van der Waals surface area contributed by atoms with E-state index in [4.69, 9.17) is 0 Å². The number of hydrogen-bond donors (Lipinski definition) is 0. The van der Waals surface area contributed by atoms with Crippen LogP contribution in [-0.4, -0.2) is 54.1 Å². The van der Waals surface area contributed by atoms with Gasteiger partial charge < -0.3 is 14.4 Å². The summed E-state index contributed by atoms with van der Waals surface area (Å²) in [4.78, 5) is 5.02. The maximum Gasteiger partial charge on any atom is 0.0485 e. The Bertz CT molecular complexity index is 592. The number of para-hydroxylation sites is 1. The number of aromatic nitrogens is 1. The monoisotopic (exact) mass is 285 g/mol. The first kappa shape index (κ1) is 14.6. The Labute approximate surface area is 128 Å². The minimum atomic E-state index is 0.521. The van der Waals surface area contributed by atoms with Gasteiger partial charge in [0.05, 0.1) is 0 Å². The smallest absolute Gasteiger partial charge is 0.0485 e. The van der Waals surface area contributed by atoms with Crippen LogP contribution in [0.25, 0.3) is 10.9 Å². The van der Waals surface area contributed by atoms with Crippen molar-refractivity contribution in [2.75, 3.05) is 39.8 Å². The molecule has 0 aliphatic carbocycles. The van der Waals surface area contributed by atoms with Crippen molar-refractivity contribution in [1.82, 2.24) is 14.4 Å². The van der Waals surface area contributed by atoms with Crippen molar-refractivity contribution in [3.05, 3.63) is 36.0 Å². The number of piperazine rings is 1. The fourth-order valence-corrected chi connectivity index (χ4v) is 3.25. The molecule has 3 rings (SSSR count). The molecule has 1 fully saturated rings. The van der Waals surface area contributed by atoms with Gasteiger partial charge in [-0.2, -0.15) is 0 Å². The van der Waals surface area contributed by atoms with Crippen molar-refractivity contribution in [1.29, 1.82) is 0 Å². The largest absolute Gasteiger partial charge is 0.345 e. The highest BCUT2D eigenvalue weighted by Crippen LogP contribution is 2.25. The Morgan fingerprint density at radius 3 is 2.48 bits per heavy atom. The number of benzene rings is 1. The quantitative estimate of drug-likeness (QED) is 0.855. The van der Waals surface area contributed by atoms with Crippen LogP contribution >= 0.6 is 0 Å². The summed E-state index contributed by atoms with van der Waals surface area (Å²) in [5.41, 5.74) is 2.87. The van der Waals surface area contributed by atoms with Crippen molar-refractivity contribution in [3.63, 3.8) is 0 Å². The van der Waals surface area contributed by atoms with Crippen LogP contribution in [0.2, 0.25) is 0 Å². The SMILES string of the molecule is CC(C)n1cc(CCN2CCN(C)CC2)c2ccccc21. The lowest BCUT2D eigenvalue weighted by Crippen LogP contribution is -2.45. The van der Waals surface area contributed by atoms with Gasteiger partial charge in [0.2, 0.25) is 0 Å². The molecule has 3 nitrogen and oxygen atoms in total. The number of rotatable bonds is 4. The van der Waals surface area contributed by atoms with Gasteiger partial charge in [-0.25, -0.2) is 0 Å². The number of fused-ring (bicyclic) bond motifs is 1. The molecule has 1 aliphatic rings. The third kappa shape index (κ3) is 3.14. The Hall–Kier alpha value is -1.32. The standard InChI is InChI=1S/C18H27N3/c1-15(2)21-14-16(17-6-4-5-7-18(17)21)8-9-20-12-10-19(3)11-13-20/h4-7,14-15H,8-13H2,1-3H3. The van der Waals surface area contributed by atoms with E-state index in [1.165, 1.54) is 49.2 Å². The molecule has 0 spiro atoms.